The molecule has 24 heavy (non-hydrogen) atoms. The molecule has 5 nitrogen and oxygen atoms in total. The Morgan fingerprint density at radius 2 is 1.83 bits per heavy atom. The third-order valence-electron chi connectivity index (χ3n) is 5.10. The Labute approximate surface area is 143 Å². The normalized spacial score (nSPS) is 18.2. The Morgan fingerprint density at radius 1 is 1.08 bits per heavy atom. The first-order valence-corrected chi connectivity index (χ1v) is 9.19. The molecule has 0 bridgehead atoms. The van der Waals surface area contributed by atoms with Crippen LogP contribution in [0.2, 0.25) is 0 Å². The molecule has 1 aromatic carbocycles. The van der Waals surface area contributed by atoms with Crippen LogP contribution in [0.5, 0.6) is 11.5 Å². The molecule has 130 valence electrons. The molecule has 0 aliphatic carbocycles. The zero-order valence-corrected chi connectivity index (χ0v) is 14.5. The van der Waals surface area contributed by atoms with Gasteiger partial charge in [-0.1, -0.05) is 0 Å². The minimum absolute atomic E-state index is 0.642. The van der Waals surface area contributed by atoms with Gasteiger partial charge in [0.25, 0.3) is 0 Å². The largest absolute Gasteiger partial charge is 0.486 e. The Hall–Kier alpha value is -1.72. The Kier molecular flexibility index (Phi) is 4.63. The highest BCUT2D eigenvalue weighted by Gasteiger charge is 2.17. The number of rotatable bonds is 5. The third-order valence-corrected chi connectivity index (χ3v) is 5.10. The summed E-state index contributed by atoms with van der Waals surface area (Å²) < 4.78 is 13.9. The molecule has 0 unspecified atom stereocenters. The van der Waals surface area contributed by atoms with Crippen LogP contribution in [0.15, 0.2) is 18.3 Å². The standard InChI is InChI=1S/C19H27N3O2/c1-2-22-14-15(4-3-7-21-8-5-20-6-9-21)16-12-18-19(13-17(16)22)24-11-10-23-18/h12-14,20H,2-11H2,1H3. The molecular weight excluding hydrogens is 302 g/mol. The van der Waals surface area contributed by atoms with Crippen molar-refractivity contribution in [2.24, 2.45) is 0 Å². The summed E-state index contributed by atoms with van der Waals surface area (Å²) in [4.78, 5) is 2.56. The van der Waals surface area contributed by atoms with Gasteiger partial charge in [0.2, 0.25) is 0 Å². The van der Waals surface area contributed by atoms with Crippen LogP contribution in [0, 0.1) is 0 Å². The number of aryl methyl sites for hydroxylation is 2. The van der Waals surface area contributed by atoms with E-state index in [1.165, 1.54) is 42.5 Å². The van der Waals surface area contributed by atoms with Crippen molar-refractivity contribution in [1.82, 2.24) is 14.8 Å². The Morgan fingerprint density at radius 3 is 2.58 bits per heavy atom. The smallest absolute Gasteiger partial charge is 0.163 e. The van der Waals surface area contributed by atoms with Crippen molar-refractivity contribution in [3.63, 3.8) is 0 Å². The summed E-state index contributed by atoms with van der Waals surface area (Å²) in [5, 5.41) is 4.74. The number of nitrogens with zero attached hydrogens (tertiary/aromatic N) is 2. The minimum atomic E-state index is 0.642. The van der Waals surface area contributed by atoms with Crippen LogP contribution in [-0.4, -0.2) is 55.4 Å². The van der Waals surface area contributed by atoms with Gasteiger partial charge in [-0.3, -0.25) is 0 Å². The van der Waals surface area contributed by atoms with Crippen molar-refractivity contribution in [1.29, 1.82) is 0 Å². The molecular formula is C19H27N3O2. The number of aromatic nitrogens is 1. The molecule has 2 aliphatic rings. The minimum Gasteiger partial charge on any atom is -0.486 e. The number of nitrogens with one attached hydrogen (secondary N) is 1. The van der Waals surface area contributed by atoms with E-state index in [-0.39, 0.29) is 0 Å². The summed E-state index contributed by atoms with van der Waals surface area (Å²) in [5.41, 5.74) is 2.69. The van der Waals surface area contributed by atoms with E-state index < -0.39 is 0 Å². The number of piperazine rings is 1. The second kappa shape index (κ2) is 7.03. The first-order valence-electron chi connectivity index (χ1n) is 9.19. The lowest BCUT2D eigenvalue weighted by Crippen LogP contribution is -2.43. The van der Waals surface area contributed by atoms with Crippen LogP contribution in [-0.2, 0) is 13.0 Å². The van der Waals surface area contributed by atoms with Gasteiger partial charge in [0.15, 0.2) is 11.5 Å². The van der Waals surface area contributed by atoms with Crippen molar-refractivity contribution in [2.75, 3.05) is 45.9 Å². The van der Waals surface area contributed by atoms with Gasteiger partial charge in [-0.25, -0.2) is 0 Å². The van der Waals surface area contributed by atoms with Crippen LogP contribution in [0.25, 0.3) is 10.9 Å². The average Bonchev–Trinajstić information content (AvgIpc) is 2.98. The van der Waals surface area contributed by atoms with Gasteiger partial charge in [-0.05, 0) is 37.9 Å². The predicted molar refractivity (Wildman–Crippen MR) is 96.2 cm³/mol. The number of benzene rings is 1. The van der Waals surface area contributed by atoms with E-state index in [0.29, 0.717) is 13.2 Å². The summed E-state index contributed by atoms with van der Waals surface area (Å²) in [6.45, 7) is 10.2. The van der Waals surface area contributed by atoms with E-state index in [4.69, 9.17) is 9.47 Å². The van der Waals surface area contributed by atoms with E-state index >= 15 is 0 Å². The van der Waals surface area contributed by atoms with E-state index in [2.05, 4.69) is 40.0 Å². The van der Waals surface area contributed by atoms with Crippen LogP contribution in [0.1, 0.15) is 18.9 Å². The van der Waals surface area contributed by atoms with E-state index in [0.717, 1.165) is 37.6 Å². The molecule has 2 aromatic rings. The van der Waals surface area contributed by atoms with Crippen molar-refractivity contribution in [3.8, 4) is 11.5 Å². The number of hydrogen-bond acceptors (Lipinski definition) is 4. The van der Waals surface area contributed by atoms with Gasteiger partial charge in [0.1, 0.15) is 13.2 Å². The van der Waals surface area contributed by atoms with Crippen molar-refractivity contribution < 1.29 is 9.47 Å². The quantitative estimate of drug-likeness (QED) is 0.913. The molecule has 0 spiro atoms. The van der Waals surface area contributed by atoms with Crippen LogP contribution < -0.4 is 14.8 Å². The Balaban J connectivity index is 1.53. The summed E-state index contributed by atoms with van der Waals surface area (Å²) in [6, 6.07) is 4.32. The monoisotopic (exact) mass is 329 g/mol. The second-order valence-electron chi connectivity index (χ2n) is 6.65. The first kappa shape index (κ1) is 15.8. The highest BCUT2D eigenvalue weighted by molar-refractivity contribution is 5.87. The molecule has 1 fully saturated rings. The fourth-order valence-corrected chi connectivity index (χ4v) is 3.79. The predicted octanol–water partition coefficient (Wildman–Crippen LogP) is 2.27. The highest BCUT2D eigenvalue weighted by atomic mass is 16.6. The number of hydrogen-bond donors (Lipinski definition) is 1. The second-order valence-corrected chi connectivity index (χ2v) is 6.65. The SMILES string of the molecule is CCn1cc(CCCN2CCNCC2)c2cc3c(cc21)OCCO3. The molecule has 0 atom stereocenters. The van der Waals surface area contributed by atoms with Crippen molar-refractivity contribution in [3.05, 3.63) is 23.9 Å². The van der Waals surface area contributed by atoms with Crippen LogP contribution >= 0.6 is 0 Å². The molecule has 4 rings (SSSR count). The maximum Gasteiger partial charge on any atom is 0.163 e. The highest BCUT2D eigenvalue weighted by Crippen LogP contribution is 2.37. The van der Waals surface area contributed by atoms with Gasteiger partial charge in [-0.2, -0.15) is 0 Å². The fraction of sp³-hybridized carbons (Fsp3) is 0.579. The topological polar surface area (TPSA) is 38.7 Å². The molecule has 5 heteroatoms. The van der Waals surface area contributed by atoms with Crippen molar-refractivity contribution in [2.45, 2.75) is 26.3 Å². The number of fused-ring (bicyclic) bond motifs is 2. The lowest BCUT2D eigenvalue weighted by atomic mass is 10.1. The van der Waals surface area contributed by atoms with E-state index in [1.807, 2.05) is 0 Å². The lowest BCUT2D eigenvalue weighted by molar-refractivity contribution is 0.172. The van der Waals surface area contributed by atoms with Crippen LogP contribution in [0.3, 0.4) is 0 Å². The average molecular weight is 329 g/mol. The van der Waals surface area contributed by atoms with E-state index in [9.17, 15) is 0 Å². The lowest BCUT2D eigenvalue weighted by Gasteiger charge is -2.27. The molecule has 1 aromatic heterocycles. The third kappa shape index (κ3) is 3.10. The molecule has 1 saturated heterocycles. The summed E-state index contributed by atoms with van der Waals surface area (Å²) in [6.07, 6.45) is 4.64. The molecule has 1 N–H and O–H groups in total. The summed E-state index contributed by atoms with van der Waals surface area (Å²) in [7, 11) is 0. The zero-order chi connectivity index (χ0) is 16.4. The maximum absolute atomic E-state index is 5.78. The molecule has 2 aliphatic heterocycles. The molecule has 0 radical (unpaired) electrons. The van der Waals surface area contributed by atoms with E-state index in [1.54, 1.807) is 0 Å². The Bertz CT molecular complexity index is 704. The van der Waals surface area contributed by atoms with Gasteiger partial charge in [0, 0.05) is 50.4 Å². The van der Waals surface area contributed by atoms with Gasteiger partial charge >= 0.3 is 0 Å². The zero-order valence-electron chi connectivity index (χ0n) is 14.5. The fourth-order valence-electron chi connectivity index (χ4n) is 3.79. The van der Waals surface area contributed by atoms with Gasteiger partial charge in [0.05, 0.1) is 5.52 Å². The van der Waals surface area contributed by atoms with Crippen LogP contribution in [0.4, 0.5) is 0 Å². The molecule has 3 heterocycles. The van der Waals surface area contributed by atoms with Gasteiger partial charge in [-0.15, -0.1) is 0 Å². The summed E-state index contributed by atoms with van der Waals surface area (Å²) in [5.74, 6) is 1.78. The maximum atomic E-state index is 5.78. The molecule has 0 amide bonds. The number of ether oxygens (including phenoxy) is 2. The summed E-state index contributed by atoms with van der Waals surface area (Å²) >= 11 is 0. The molecule has 0 saturated carbocycles. The van der Waals surface area contributed by atoms with Crippen molar-refractivity contribution >= 4 is 10.9 Å². The van der Waals surface area contributed by atoms with Gasteiger partial charge < -0.3 is 24.3 Å². The first-order chi connectivity index (χ1) is 11.8.